The molecule has 3 rings (SSSR count). The largest absolute Gasteiger partial charge is 0.493 e. The average molecular weight is 484 g/mol. The maximum atomic E-state index is 13.4. The van der Waals surface area contributed by atoms with Crippen molar-refractivity contribution in [3.63, 3.8) is 0 Å². The molecule has 3 aromatic rings. The Kier molecular flexibility index (Phi) is 6.39. The number of carbonyl (C=O) groups is 1. The summed E-state index contributed by atoms with van der Waals surface area (Å²) >= 11 is 9.24. The normalized spacial score (nSPS) is 10.7. The van der Waals surface area contributed by atoms with E-state index in [1.165, 1.54) is 30.0 Å². The van der Waals surface area contributed by atoms with E-state index in [4.69, 9.17) is 21.1 Å². The second-order valence-corrected chi connectivity index (χ2v) is 7.29. The third-order valence-corrected chi connectivity index (χ3v) is 5.08. The van der Waals surface area contributed by atoms with Crippen molar-refractivity contribution in [2.75, 3.05) is 14.2 Å². The molecule has 0 saturated carbocycles. The molecule has 0 radical (unpaired) electrons. The van der Waals surface area contributed by atoms with Crippen molar-refractivity contribution in [3.8, 4) is 17.2 Å². The van der Waals surface area contributed by atoms with E-state index in [0.717, 1.165) is 5.56 Å². The summed E-state index contributed by atoms with van der Waals surface area (Å²) in [5, 5.41) is 10.7. The molecule has 152 valence electrons. The number of amides is 1. The van der Waals surface area contributed by atoms with Crippen LogP contribution in [0.15, 0.2) is 34.8 Å². The molecule has 2 aromatic carbocycles. The molecular formula is C19H17BrClFN4O3. The maximum absolute atomic E-state index is 13.4. The first-order chi connectivity index (χ1) is 13.8. The lowest BCUT2D eigenvalue weighted by Crippen LogP contribution is -2.24. The number of hydrogen-bond donors (Lipinski definition) is 1. The number of nitrogens with one attached hydrogen (secondary N) is 1. The standard InChI is InChI=1S/C19H17BrClFN4O3/c1-10-17(24-25-26(10)12-4-5-15(22)14(21)8-12)19(27)23-9-11-6-13(20)18(29-3)16(7-11)28-2/h4-8H,9H2,1-3H3,(H,23,27). The molecule has 1 amide bonds. The second kappa shape index (κ2) is 8.79. The van der Waals surface area contributed by atoms with E-state index in [1.54, 1.807) is 20.1 Å². The van der Waals surface area contributed by atoms with Gasteiger partial charge in [0.1, 0.15) is 5.82 Å². The van der Waals surface area contributed by atoms with Gasteiger partial charge in [0.2, 0.25) is 0 Å². The molecule has 29 heavy (non-hydrogen) atoms. The number of ether oxygens (including phenoxy) is 2. The fraction of sp³-hybridized carbons (Fsp3) is 0.211. The number of halogens is 3. The Morgan fingerprint density at radius 2 is 2.03 bits per heavy atom. The SMILES string of the molecule is COc1cc(CNC(=O)c2nnn(-c3ccc(F)c(Cl)c3)c2C)cc(Br)c1OC. The van der Waals surface area contributed by atoms with E-state index < -0.39 is 11.7 Å². The molecule has 1 heterocycles. The molecule has 0 bridgehead atoms. The zero-order chi connectivity index (χ0) is 21.1. The van der Waals surface area contributed by atoms with E-state index in [2.05, 4.69) is 31.6 Å². The molecule has 0 unspecified atom stereocenters. The van der Waals surface area contributed by atoms with Crippen molar-refractivity contribution in [2.45, 2.75) is 13.5 Å². The van der Waals surface area contributed by atoms with Gasteiger partial charge in [-0.2, -0.15) is 0 Å². The highest BCUT2D eigenvalue weighted by atomic mass is 79.9. The van der Waals surface area contributed by atoms with Crippen molar-refractivity contribution in [3.05, 3.63) is 62.6 Å². The Hall–Kier alpha value is -2.65. The summed E-state index contributed by atoms with van der Waals surface area (Å²) < 4.78 is 26.1. The predicted molar refractivity (Wildman–Crippen MR) is 109 cm³/mol. The van der Waals surface area contributed by atoms with Gasteiger partial charge in [-0.1, -0.05) is 16.8 Å². The Balaban J connectivity index is 1.78. The topological polar surface area (TPSA) is 78.3 Å². The van der Waals surface area contributed by atoms with Crippen LogP contribution in [0.1, 0.15) is 21.7 Å². The van der Waals surface area contributed by atoms with Crippen molar-refractivity contribution in [1.29, 1.82) is 0 Å². The molecule has 0 atom stereocenters. The Labute approximate surface area is 179 Å². The lowest BCUT2D eigenvalue weighted by Gasteiger charge is -2.12. The Bertz CT molecular complexity index is 1070. The molecule has 0 aliphatic rings. The number of benzene rings is 2. The van der Waals surface area contributed by atoms with Crippen molar-refractivity contribution >= 4 is 33.4 Å². The van der Waals surface area contributed by atoms with Gasteiger partial charge < -0.3 is 14.8 Å². The van der Waals surface area contributed by atoms with E-state index in [-0.39, 0.29) is 17.3 Å². The van der Waals surface area contributed by atoms with E-state index in [1.807, 2.05) is 6.07 Å². The van der Waals surface area contributed by atoms with Crippen LogP contribution >= 0.6 is 27.5 Å². The van der Waals surface area contributed by atoms with Crippen molar-refractivity contribution in [2.24, 2.45) is 0 Å². The lowest BCUT2D eigenvalue weighted by molar-refractivity contribution is 0.0945. The van der Waals surface area contributed by atoms with Crippen LogP contribution in [0.25, 0.3) is 5.69 Å². The summed E-state index contributed by atoms with van der Waals surface area (Å²) in [6, 6.07) is 7.75. The Morgan fingerprint density at radius 3 is 2.69 bits per heavy atom. The van der Waals surface area contributed by atoms with Crippen LogP contribution in [0.2, 0.25) is 5.02 Å². The summed E-state index contributed by atoms with van der Waals surface area (Å²) in [6.45, 7) is 1.94. The molecule has 0 aliphatic carbocycles. The lowest BCUT2D eigenvalue weighted by atomic mass is 10.2. The number of methoxy groups -OCH3 is 2. The number of aromatic nitrogens is 3. The monoisotopic (exact) mass is 482 g/mol. The molecule has 10 heteroatoms. The number of rotatable bonds is 6. The minimum absolute atomic E-state index is 0.0394. The van der Waals surface area contributed by atoms with Crippen LogP contribution in [0, 0.1) is 12.7 Å². The highest BCUT2D eigenvalue weighted by Crippen LogP contribution is 2.36. The molecule has 7 nitrogen and oxygen atoms in total. The number of nitrogens with zero attached hydrogens (tertiary/aromatic N) is 3. The van der Waals surface area contributed by atoms with Gasteiger partial charge in [-0.15, -0.1) is 5.10 Å². The highest BCUT2D eigenvalue weighted by molar-refractivity contribution is 9.10. The molecular weight excluding hydrogens is 467 g/mol. The summed E-state index contributed by atoms with van der Waals surface area (Å²) in [6.07, 6.45) is 0. The first-order valence-corrected chi connectivity index (χ1v) is 9.59. The van der Waals surface area contributed by atoms with Gasteiger partial charge in [-0.25, -0.2) is 9.07 Å². The minimum Gasteiger partial charge on any atom is -0.493 e. The van der Waals surface area contributed by atoms with Crippen LogP contribution in [0.5, 0.6) is 11.5 Å². The predicted octanol–water partition coefficient (Wildman–Crippen LogP) is 4.08. The summed E-state index contributed by atoms with van der Waals surface area (Å²) in [5.74, 6) is 0.181. The molecule has 1 aromatic heterocycles. The van der Waals surface area contributed by atoms with Gasteiger partial charge in [0.15, 0.2) is 17.2 Å². The number of carbonyl (C=O) groups excluding carboxylic acids is 1. The van der Waals surface area contributed by atoms with Crippen LogP contribution in [0.4, 0.5) is 4.39 Å². The van der Waals surface area contributed by atoms with Crippen molar-refractivity contribution in [1.82, 2.24) is 20.3 Å². The molecule has 0 fully saturated rings. The fourth-order valence-electron chi connectivity index (χ4n) is 2.74. The van der Waals surface area contributed by atoms with Crippen LogP contribution in [-0.4, -0.2) is 35.1 Å². The van der Waals surface area contributed by atoms with Gasteiger partial charge in [0.25, 0.3) is 5.91 Å². The first kappa shape index (κ1) is 21.1. The van der Waals surface area contributed by atoms with Gasteiger partial charge in [0, 0.05) is 6.54 Å². The van der Waals surface area contributed by atoms with Crippen molar-refractivity contribution < 1.29 is 18.7 Å². The van der Waals surface area contributed by atoms with E-state index >= 15 is 0 Å². The van der Waals surface area contributed by atoms with Gasteiger partial charge in [-0.3, -0.25) is 4.79 Å². The van der Waals surface area contributed by atoms with E-state index in [9.17, 15) is 9.18 Å². The zero-order valence-corrected chi connectivity index (χ0v) is 18.1. The third-order valence-electron chi connectivity index (χ3n) is 4.20. The number of hydrogen-bond acceptors (Lipinski definition) is 5. The maximum Gasteiger partial charge on any atom is 0.274 e. The highest BCUT2D eigenvalue weighted by Gasteiger charge is 2.18. The third kappa shape index (κ3) is 4.35. The molecule has 0 saturated heterocycles. The summed E-state index contributed by atoms with van der Waals surface area (Å²) in [7, 11) is 3.08. The second-order valence-electron chi connectivity index (χ2n) is 6.03. The minimum atomic E-state index is -0.535. The van der Waals surface area contributed by atoms with Crippen LogP contribution in [0.3, 0.4) is 0 Å². The molecule has 0 aliphatic heterocycles. The van der Waals surface area contributed by atoms with Crippen LogP contribution < -0.4 is 14.8 Å². The fourth-order valence-corrected chi connectivity index (χ4v) is 3.57. The van der Waals surface area contributed by atoms with Crippen LogP contribution in [-0.2, 0) is 6.54 Å². The van der Waals surface area contributed by atoms with E-state index in [0.29, 0.717) is 27.4 Å². The van der Waals surface area contributed by atoms with Gasteiger partial charge >= 0.3 is 0 Å². The molecule has 0 spiro atoms. The smallest absolute Gasteiger partial charge is 0.274 e. The zero-order valence-electron chi connectivity index (χ0n) is 15.8. The Morgan fingerprint density at radius 1 is 1.28 bits per heavy atom. The van der Waals surface area contributed by atoms with Gasteiger partial charge in [-0.05, 0) is 58.7 Å². The van der Waals surface area contributed by atoms with Gasteiger partial charge in [0.05, 0.1) is 35.1 Å². The first-order valence-electron chi connectivity index (χ1n) is 8.42. The quantitative estimate of drug-likeness (QED) is 0.572. The summed E-state index contributed by atoms with van der Waals surface area (Å²) in [4.78, 5) is 12.6. The average Bonchev–Trinajstić information content (AvgIpc) is 3.09. The molecule has 1 N–H and O–H groups in total. The summed E-state index contributed by atoms with van der Waals surface area (Å²) in [5.41, 5.74) is 1.96.